The summed E-state index contributed by atoms with van der Waals surface area (Å²) in [6, 6.07) is 21.8. The van der Waals surface area contributed by atoms with E-state index in [0.29, 0.717) is 11.1 Å². The van der Waals surface area contributed by atoms with Gasteiger partial charge in [0.25, 0.3) is 11.2 Å². The Bertz CT molecular complexity index is 2280. The highest BCUT2D eigenvalue weighted by Crippen LogP contribution is 2.51. The number of fused-ring (bicyclic) bond motifs is 2. The summed E-state index contributed by atoms with van der Waals surface area (Å²) in [5.41, 5.74) is -1.18. The first-order chi connectivity index (χ1) is 25.6. The highest BCUT2D eigenvalue weighted by molar-refractivity contribution is 6.35. The Balaban J connectivity index is 0.000000167. The van der Waals surface area contributed by atoms with Crippen molar-refractivity contribution in [1.29, 1.82) is 0 Å². The molecule has 54 heavy (non-hydrogen) atoms. The van der Waals surface area contributed by atoms with Gasteiger partial charge in [0, 0.05) is 73.4 Å². The summed E-state index contributed by atoms with van der Waals surface area (Å²) >= 11 is 23.7. The summed E-state index contributed by atoms with van der Waals surface area (Å²) < 4.78 is 84.1. The minimum atomic E-state index is -4.72. The van der Waals surface area contributed by atoms with E-state index in [-0.39, 0.29) is 42.6 Å². The van der Waals surface area contributed by atoms with Crippen LogP contribution in [0.15, 0.2) is 101 Å². The van der Waals surface area contributed by atoms with Crippen LogP contribution in [0.25, 0.3) is 10.9 Å². The molecule has 3 aliphatic rings. The van der Waals surface area contributed by atoms with Crippen LogP contribution in [0.2, 0.25) is 20.1 Å². The topological polar surface area (TPSA) is 68.1 Å². The van der Waals surface area contributed by atoms with Crippen molar-refractivity contribution in [3.63, 3.8) is 0 Å². The number of anilines is 1. The molecule has 0 amide bonds. The Morgan fingerprint density at radius 1 is 0.630 bits per heavy atom. The lowest BCUT2D eigenvalue weighted by atomic mass is 9.86. The number of benzene rings is 4. The van der Waals surface area contributed by atoms with E-state index < -0.39 is 36.4 Å². The minimum Gasteiger partial charge on any atom is -0.385 e. The minimum absolute atomic E-state index is 0.0926. The molecule has 16 heteroatoms. The quantitative estimate of drug-likeness (QED) is 0.183. The first kappa shape index (κ1) is 38.1. The summed E-state index contributed by atoms with van der Waals surface area (Å²) in [4.78, 5) is 14.3. The van der Waals surface area contributed by atoms with E-state index in [1.54, 1.807) is 36.5 Å². The van der Waals surface area contributed by atoms with Crippen molar-refractivity contribution >= 4 is 74.4 Å². The van der Waals surface area contributed by atoms with Gasteiger partial charge in [-0.15, -0.1) is 0 Å². The van der Waals surface area contributed by atoms with Crippen molar-refractivity contribution in [3.8, 4) is 0 Å². The molecule has 280 valence electrons. The van der Waals surface area contributed by atoms with Crippen molar-refractivity contribution < 1.29 is 36.0 Å². The molecular weight excluding hydrogens is 800 g/mol. The number of hydrogen-bond acceptors (Lipinski definition) is 6. The number of halogens is 10. The fraction of sp³-hybridized carbons (Fsp3) is 0.237. The lowest BCUT2D eigenvalue weighted by Gasteiger charge is -2.29. The predicted octanol–water partition coefficient (Wildman–Crippen LogP) is 12.1. The maximum Gasteiger partial charge on any atom is 0.435 e. The van der Waals surface area contributed by atoms with Gasteiger partial charge in [-0.1, -0.05) is 74.9 Å². The third kappa shape index (κ3) is 7.28. The molecule has 0 aliphatic carbocycles. The lowest BCUT2D eigenvalue weighted by Crippen LogP contribution is -2.42. The standard InChI is InChI=1S/C19H15Cl2F3N2O.C19H11Cl2F3N2O/c2*20-14-7-13(8-15(21)9-14)18(19(22,23)24)10-17(26-27-18)12-3-4-16-11(6-12)2-1-5-25-16/h3-4,6-9,25H,1-2,5,10H2;1-9H,10H2. The molecule has 3 aliphatic heterocycles. The Labute approximate surface area is 324 Å². The zero-order valence-electron chi connectivity index (χ0n) is 27.6. The van der Waals surface area contributed by atoms with E-state index in [4.69, 9.17) is 56.1 Å². The molecule has 2 unspecified atom stereocenters. The molecule has 0 saturated carbocycles. The fourth-order valence-electron chi connectivity index (χ4n) is 6.60. The average Bonchev–Trinajstić information content (AvgIpc) is 3.79. The molecule has 0 bridgehead atoms. The third-order valence-electron chi connectivity index (χ3n) is 9.34. The number of hydrogen-bond donors (Lipinski definition) is 1. The largest absolute Gasteiger partial charge is 0.435 e. The first-order valence-electron chi connectivity index (χ1n) is 16.4. The van der Waals surface area contributed by atoms with Gasteiger partial charge in [-0.05, 0) is 90.7 Å². The van der Waals surface area contributed by atoms with Crippen LogP contribution in [0.5, 0.6) is 0 Å². The van der Waals surface area contributed by atoms with Gasteiger partial charge >= 0.3 is 12.4 Å². The van der Waals surface area contributed by atoms with Crippen LogP contribution in [0.4, 0.5) is 32.0 Å². The third-order valence-corrected chi connectivity index (χ3v) is 10.2. The molecule has 4 heterocycles. The number of rotatable bonds is 4. The summed E-state index contributed by atoms with van der Waals surface area (Å²) in [6.45, 7) is 0.892. The fourth-order valence-corrected chi connectivity index (χ4v) is 7.65. The Morgan fingerprint density at radius 2 is 1.15 bits per heavy atom. The lowest BCUT2D eigenvalue weighted by molar-refractivity contribution is -0.276. The van der Waals surface area contributed by atoms with Crippen LogP contribution in [-0.2, 0) is 27.3 Å². The van der Waals surface area contributed by atoms with Crippen LogP contribution in [0.3, 0.4) is 0 Å². The summed E-state index contributed by atoms with van der Waals surface area (Å²) in [5.74, 6) is 0. The van der Waals surface area contributed by atoms with Crippen molar-refractivity contribution in [2.24, 2.45) is 10.3 Å². The summed E-state index contributed by atoms with van der Waals surface area (Å²) in [5, 5.41) is 12.0. The van der Waals surface area contributed by atoms with Gasteiger partial charge in [0.05, 0.1) is 16.9 Å². The van der Waals surface area contributed by atoms with Crippen molar-refractivity contribution in [3.05, 3.63) is 139 Å². The monoisotopic (exact) mass is 824 g/mol. The second-order valence-electron chi connectivity index (χ2n) is 12.9. The molecule has 1 aromatic heterocycles. The molecule has 6 nitrogen and oxygen atoms in total. The first-order valence-corrected chi connectivity index (χ1v) is 17.9. The predicted molar refractivity (Wildman–Crippen MR) is 198 cm³/mol. The number of alkyl halides is 6. The van der Waals surface area contributed by atoms with Crippen LogP contribution in [0, 0.1) is 0 Å². The SMILES string of the molecule is FC(F)(F)C1(c2cc(Cl)cc(Cl)c2)CC(c2ccc3c(c2)CCCN3)=NO1.FC(F)(F)C1(c2cc(Cl)cc(Cl)c2)CC(c2ccc3ncccc3c2)=NO1. The Morgan fingerprint density at radius 3 is 1.69 bits per heavy atom. The van der Waals surface area contributed by atoms with Gasteiger partial charge < -0.3 is 15.0 Å². The van der Waals surface area contributed by atoms with E-state index in [1.165, 1.54) is 36.4 Å². The van der Waals surface area contributed by atoms with Crippen LogP contribution in [-0.4, -0.2) is 35.3 Å². The van der Waals surface area contributed by atoms with E-state index in [2.05, 4.69) is 20.6 Å². The number of pyridine rings is 1. The second kappa shape index (κ2) is 14.4. The van der Waals surface area contributed by atoms with Crippen molar-refractivity contribution in [1.82, 2.24) is 4.98 Å². The molecule has 1 N–H and O–H groups in total. The number of nitrogens with zero attached hydrogens (tertiary/aromatic N) is 3. The van der Waals surface area contributed by atoms with Gasteiger partial charge in [-0.25, -0.2) is 0 Å². The van der Waals surface area contributed by atoms with Crippen molar-refractivity contribution in [2.45, 2.75) is 49.2 Å². The maximum atomic E-state index is 14.0. The molecule has 0 fully saturated rings. The highest BCUT2D eigenvalue weighted by Gasteiger charge is 2.63. The van der Waals surface area contributed by atoms with Gasteiger partial charge in [-0.2, -0.15) is 26.3 Å². The van der Waals surface area contributed by atoms with E-state index in [0.717, 1.165) is 41.5 Å². The van der Waals surface area contributed by atoms with E-state index >= 15 is 0 Å². The van der Waals surface area contributed by atoms with Gasteiger partial charge in [0.15, 0.2) is 0 Å². The van der Waals surface area contributed by atoms with E-state index in [9.17, 15) is 26.3 Å². The van der Waals surface area contributed by atoms with Crippen molar-refractivity contribution in [2.75, 3.05) is 11.9 Å². The molecule has 8 rings (SSSR count). The maximum absolute atomic E-state index is 14.0. The van der Waals surface area contributed by atoms with Gasteiger partial charge in [0.1, 0.15) is 0 Å². The zero-order chi connectivity index (χ0) is 38.5. The molecule has 0 spiro atoms. The smallest absolute Gasteiger partial charge is 0.385 e. The van der Waals surface area contributed by atoms with Crippen LogP contribution < -0.4 is 5.32 Å². The van der Waals surface area contributed by atoms with Gasteiger partial charge in [0.2, 0.25) is 0 Å². The molecule has 0 radical (unpaired) electrons. The Hall–Kier alpha value is -4.23. The number of aromatic nitrogens is 1. The second-order valence-corrected chi connectivity index (χ2v) is 14.6. The zero-order valence-corrected chi connectivity index (χ0v) is 30.7. The Kier molecular flexibility index (Phi) is 10.2. The molecule has 4 aromatic carbocycles. The highest BCUT2D eigenvalue weighted by atomic mass is 35.5. The normalized spacial score (nSPS) is 20.9. The summed E-state index contributed by atoms with van der Waals surface area (Å²) in [7, 11) is 0. The number of nitrogens with one attached hydrogen (secondary N) is 1. The molecule has 0 saturated heterocycles. The molecule has 5 aromatic rings. The van der Waals surface area contributed by atoms with Gasteiger partial charge in [-0.3, -0.25) is 4.98 Å². The van der Waals surface area contributed by atoms with Crippen LogP contribution in [0.1, 0.15) is 47.1 Å². The number of aryl methyl sites for hydroxylation is 1. The van der Waals surface area contributed by atoms with E-state index in [1.807, 2.05) is 18.2 Å². The van der Waals surface area contributed by atoms with Crippen LogP contribution >= 0.6 is 46.4 Å². The average molecular weight is 826 g/mol. The summed E-state index contributed by atoms with van der Waals surface area (Å²) in [6.07, 6.45) is -6.84. The number of oxime groups is 2. The molecular formula is C38H26Cl4F6N4O2. The molecule has 2 atom stereocenters.